The molecule has 21 heavy (non-hydrogen) atoms. The van der Waals surface area contributed by atoms with Crippen molar-refractivity contribution in [2.24, 2.45) is 0 Å². The van der Waals surface area contributed by atoms with Crippen molar-refractivity contribution < 1.29 is 9.90 Å². The van der Waals surface area contributed by atoms with Gasteiger partial charge in [0.05, 0.1) is 18.3 Å². The Labute approximate surface area is 124 Å². The minimum Gasteiger partial charge on any atom is -0.387 e. The van der Waals surface area contributed by atoms with Crippen molar-refractivity contribution in [2.45, 2.75) is 51.2 Å². The normalized spacial score (nSPS) is 20.9. The lowest BCUT2D eigenvalue weighted by atomic mass is 9.96. The van der Waals surface area contributed by atoms with Crippen molar-refractivity contribution in [3.8, 4) is 0 Å². The van der Waals surface area contributed by atoms with Crippen LogP contribution in [0.4, 0.5) is 0 Å². The lowest BCUT2D eigenvalue weighted by molar-refractivity contribution is -0.136. The first kappa shape index (κ1) is 14.3. The summed E-state index contributed by atoms with van der Waals surface area (Å²) in [5.41, 5.74) is 1.87. The molecule has 2 aliphatic rings. The average Bonchev–Trinajstić information content (AvgIpc) is 2.88. The maximum absolute atomic E-state index is 12.2. The molecule has 1 N–H and O–H groups in total. The number of aliphatic hydroxyl groups excluding tert-OH is 1. The number of aliphatic hydroxyl groups is 1. The van der Waals surface area contributed by atoms with Crippen molar-refractivity contribution in [3.05, 3.63) is 23.5 Å². The molecule has 1 saturated heterocycles. The van der Waals surface area contributed by atoms with Crippen LogP contribution in [-0.2, 0) is 4.79 Å². The van der Waals surface area contributed by atoms with Gasteiger partial charge in [0.25, 0.3) is 0 Å². The molecule has 0 spiro atoms. The number of carbonyl (C=O) groups excluding carboxylic acids is 1. The second-order valence-corrected chi connectivity index (χ2v) is 6.04. The van der Waals surface area contributed by atoms with Gasteiger partial charge in [0.15, 0.2) is 0 Å². The maximum Gasteiger partial charge on any atom is 0.226 e. The summed E-state index contributed by atoms with van der Waals surface area (Å²) >= 11 is 0. The molecule has 0 aromatic carbocycles. The van der Waals surface area contributed by atoms with Gasteiger partial charge in [-0.15, -0.1) is 5.10 Å². The molecule has 1 fully saturated rings. The summed E-state index contributed by atoms with van der Waals surface area (Å²) in [7, 11) is 0. The predicted octanol–water partition coefficient (Wildman–Crippen LogP) is 1.61. The van der Waals surface area contributed by atoms with Gasteiger partial charge in [0.1, 0.15) is 5.69 Å². The van der Waals surface area contributed by atoms with Crippen molar-refractivity contribution in [3.63, 3.8) is 0 Å². The van der Waals surface area contributed by atoms with Gasteiger partial charge in [-0.3, -0.25) is 4.79 Å². The second-order valence-electron chi connectivity index (χ2n) is 6.04. The van der Waals surface area contributed by atoms with Crippen LogP contribution in [0.1, 0.15) is 56.9 Å². The largest absolute Gasteiger partial charge is 0.387 e. The maximum atomic E-state index is 12.2. The molecule has 3 rings (SSSR count). The fourth-order valence-electron chi connectivity index (χ4n) is 2.86. The predicted molar refractivity (Wildman–Crippen MR) is 77.4 cm³/mol. The molecule has 1 unspecified atom stereocenters. The third kappa shape index (κ3) is 3.15. The number of allylic oxidation sites excluding steroid dienone is 1. The SMILES string of the molecule is CC(O)c1cn(C2CN(C(=O)CC3=CCCCC3)C2)nn1. The highest BCUT2D eigenvalue weighted by atomic mass is 16.3. The number of amides is 1. The Bertz CT molecular complexity index is 544. The highest BCUT2D eigenvalue weighted by molar-refractivity contribution is 5.79. The molecule has 1 amide bonds. The van der Waals surface area contributed by atoms with E-state index in [1.54, 1.807) is 17.8 Å². The fraction of sp³-hybridized carbons (Fsp3) is 0.667. The summed E-state index contributed by atoms with van der Waals surface area (Å²) in [6.07, 6.45) is 8.62. The summed E-state index contributed by atoms with van der Waals surface area (Å²) in [6, 6.07) is 0.189. The monoisotopic (exact) mass is 290 g/mol. The topological polar surface area (TPSA) is 71.2 Å². The van der Waals surface area contributed by atoms with Crippen molar-refractivity contribution in [1.82, 2.24) is 19.9 Å². The smallest absolute Gasteiger partial charge is 0.226 e. The highest BCUT2D eigenvalue weighted by Crippen LogP contribution is 2.25. The van der Waals surface area contributed by atoms with Crippen LogP contribution in [0.2, 0.25) is 0 Å². The van der Waals surface area contributed by atoms with Crippen LogP contribution in [0.25, 0.3) is 0 Å². The van der Waals surface area contributed by atoms with E-state index in [-0.39, 0.29) is 11.9 Å². The number of rotatable bonds is 4. The van der Waals surface area contributed by atoms with E-state index in [9.17, 15) is 9.90 Å². The van der Waals surface area contributed by atoms with E-state index < -0.39 is 6.10 Å². The number of hydrogen-bond donors (Lipinski definition) is 1. The molecule has 1 atom stereocenters. The van der Waals surface area contributed by atoms with Gasteiger partial charge in [-0.2, -0.15) is 0 Å². The Morgan fingerprint density at radius 2 is 2.29 bits per heavy atom. The van der Waals surface area contributed by atoms with Gasteiger partial charge in [-0.25, -0.2) is 4.68 Å². The van der Waals surface area contributed by atoms with E-state index >= 15 is 0 Å². The molecule has 0 radical (unpaired) electrons. The van der Waals surface area contributed by atoms with Crippen LogP contribution in [0, 0.1) is 0 Å². The van der Waals surface area contributed by atoms with Crippen LogP contribution in [0.5, 0.6) is 0 Å². The zero-order chi connectivity index (χ0) is 14.8. The van der Waals surface area contributed by atoms with Gasteiger partial charge < -0.3 is 10.0 Å². The standard InChI is InChI=1S/C15H22N4O2/c1-11(20)14-10-19(17-16-14)13-8-18(9-13)15(21)7-12-5-3-2-4-6-12/h5,10-11,13,20H,2-4,6-9H2,1H3. The molecule has 0 saturated carbocycles. The lowest BCUT2D eigenvalue weighted by Crippen LogP contribution is -2.51. The van der Waals surface area contributed by atoms with Gasteiger partial charge in [0.2, 0.25) is 5.91 Å². The second kappa shape index (κ2) is 5.97. The van der Waals surface area contributed by atoms with Crippen LogP contribution >= 0.6 is 0 Å². The summed E-state index contributed by atoms with van der Waals surface area (Å²) in [6.45, 7) is 3.05. The zero-order valence-corrected chi connectivity index (χ0v) is 12.4. The first-order valence-electron chi connectivity index (χ1n) is 7.69. The van der Waals surface area contributed by atoms with E-state index in [1.807, 2.05) is 4.90 Å². The van der Waals surface area contributed by atoms with Gasteiger partial charge in [-0.1, -0.05) is 16.9 Å². The first-order chi connectivity index (χ1) is 10.1. The van der Waals surface area contributed by atoms with Crippen molar-refractivity contribution in [2.75, 3.05) is 13.1 Å². The third-order valence-corrected chi connectivity index (χ3v) is 4.31. The van der Waals surface area contributed by atoms with E-state index in [0.29, 0.717) is 25.2 Å². The number of hydrogen-bond acceptors (Lipinski definition) is 4. The van der Waals surface area contributed by atoms with E-state index in [4.69, 9.17) is 0 Å². The van der Waals surface area contributed by atoms with E-state index in [0.717, 1.165) is 12.8 Å². The van der Waals surface area contributed by atoms with Crippen LogP contribution in [-0.4, -0.2) is 44.0 Å². The number of nitrogens with zero attached hydrogens (tertiary/aromatic N) is 4. The molecule has 1 aromatic rings. The Balaban J connectivity index is 1.50. The van der Waals surface area contributed by atoms with Gasteiger partial charge in [0, 0.05) is 19.5 Å². The van der Waals surface area contributed by atoms with Gasteiger partial charge in [-0.05, 0) is 32.6 Å². The third-order valence-electron chi connectivity index (χ3n) is 4.31. The number of likely N-dealkylation sites (tertiary alicyclic amines) is 1. The molecule has 2 heterocycles. The van der Waals surface area contributed by atoms with Crippen LogP contribution < -0.4 is 0 Å². The van der Waals surface area contributed by atoms with Crippen LogP contribution in [0.15, 0.2) is 17.8 Å². The summed E-state index contributed by atoms with van der Waals surface area (Å²) in [4.78, 5) is 14.1. The summed E-state index contributed by atoms with van der Waals surface area (Å²) in [5, 5.41) is 17.4. The Morgan fingerprint density at radius 1 is 1.48 bits per heavy atom. The molecule has 6 heteroatoms. The van der Waals surface area contributed by atoms with E-state index in [2.05, 4.69) is 16.4 Å². The van der Waals surface area contributed by atoms with E-state index in [1.165, 1.54) is 18.4 Å². The lowest BCUT2D eigenvalue weighted by Gasteiger charge is -2.39. The molecule has 6 nitrogen and oxygen atoms in total. The molecule has 1 aliphatic carbocycles. The fourth-order valence-corrected chi connectivity index (χ4v) is 2.86. The Kier molecular flexibility index (Phi) is 4.05. The molecular weight excluding hydrogens is 268 g/mol. The van der Waals surface area contributed by atoms with Crippen molar-refractivity contribution in [1.29, 1.82) is 0 Å². The summed E-state index contributed by atoms with van der Waals surface area (Å²) in [5.74, 6) is 0.218. The minimum atomic E-state index is -0.602. The Hall–Kier alpha value is -1.69. The first-order valence-corrected chi connectivity index (χ1v) is 7.69. The molecule has 114 valence electrons. The van der Waals surface area contributed by atoms with Gasteiger partial charge >= 0.3 is 0 Å². The summed E-state index contributed by atoms with van der Waals surface area (Å²) < 4.78 is 1.76. The number of carbonyl (C=O) groups is 1. The molecular formula is C15H22N4O2. The highest BCUT2D eigenvalue weighted by Gasteiger charge is 2.33. The number of aromatic nitrogens is 3. The van der Waals surface area contributed by atoms with Crippen molar-refractivity contribution >= 4 is 5.91 Å². The Morgan fingerprint density at radius 3 is 2.90 bits per heavy atom. The molecule has 0 bridgehead atoms. The molecule has 1 aliphatic heterocycles. The zero-order valence-electron chi connectivity index (χ0n) is 12.4. The average molecular weight is 290 g/mol. The van der Waals surface area contributed by atoms with Crippen LogP contribution in [0.3, 0.4) is 0 Å². The minimum absolute atomic E-state index is 0.189. The quantitative estimate of drug-likeness (QED) is 0.855. The molecule has 1 aromatic heterocycles.